The lowest BCUT2D eigenvalue weighted by atomic mass is 9.93. The Morgan fingerprint density at radius 2 is 2.27 bits per heavy atom. The summed E-state index contributed by atoms with van der Waals surface area (Å²) in [5.41, 5.74) is 0.265. The molecule has 4 heteroatoms. The van der Waals surface area contributed by atoms with Crippen LogP contribution in [0.3, 0.4) is 0 Å². The fourth-order valence-electron chi connectivity index (χ4n) is 1.93. The quantitative estimate of drug-likeness (QED) is 0.781. The predicted octanol–water partition coefficient (Wildman–Crippen LogP) is 3.22. The minimum Gasteiger partial charge on any atom is -0.354 e. The maximum atomic E-state index is 13.6. The fourth-order valence-corrected chi connectivity index (χ4v) is 2.24. The van der Waals surface area contributed by atoms with E-state index in [1.165, 1.54) is 6.07 Å². The van der Waals surface area contributed by atoms with Gasteiger partial charge >= 0.3 is 0 Å². The van der Waals surface area contributed by atoms with Crippen LogP contribution >= 0.6 is 15.9 Å². The Morgan fingerprint density at radius 1 is 1.53 bits per heavy atom. The van der Waals surface area contributed by atoms with Gasteiger partial charge in [-0.05, 0) is 33.8 Å². The topological polar surface area (TPSA) is 16.1 Å². The lowest BCUT2D eigenvalue weighted by Gasteiger charge is -2.20. The van der Waals surface area contributed by atoms with Crippen LogP contribution in [-0.2, 0) is 0 Å². The summed E-state index contributed by atoms with van der Waals surface area (Å²) in [6.07, 6.45) is 2.73. The molecule has 0 bridgehead atoms. The third kappa shape index (κ3) is 2.30. The van der Waals surface area contributed by atoms with E-state index in [0.717, 1.165) is 19.5 Å². The SMILES string of the molecule is CC1(C)CCN(c2ncc(Br)cc2F)C1. The van der Waals surface area contributed by atoms with Crippen molar-refractivity contribution >= 4 is 21.7 Å². The second-order valence-electron chi connectivity index (χ2n) is 4.79. The summed E-state index contributed by atoms with van der Waals surface area (Å²) in [7, 11) is 0. The zero-order valence-electron chi connectivity index (χ0n) is 8.93. The highest BCUT2D eigenvalue weighted by Gasteiger charge is 2.31. The van der Waals surface area contributed by atoms with Gasteiger partial charge in [0.05, 0.1) is 0 Å². The van der Waals surface area contributed by atoms with Crippen molar-refractivity contribution in [1.82, 2.24) is 4.98 Å². The molecule has 2 rings (SSSR count). The number of aromatic nitrogens is 1. The standard InChI is InChI=1S/C11H14BrFN2/c1-11(2)3-4-15(7-11)10-9(13)5-8(12)6-14-10/h5-6H,3-4,7H2,1-2H3. The molecule has 1 aromatic heterocycles. The van der Waals surface area contributed by atoms with E-state index in [4.69, 9.17) is 0 Å². The molecule has 0 aliphatic carbocycles. The normalized spacial score (nSPS) is 19.6. The number of hydrogen-bond acceptors (Lipinski definition) is 2. The van der Waals surface area contributed by atoms with Crippen LogP contribution in [0.2, 0.25) is 0 Å². The second-order valence-corrected chi connectivity index (χ2v) is 5.71. The van der Waals surface area contributed by atoms with Crippen molar-refractivity contribution in [2.24, 2.45) is 5.41 Å². The molecule has 1 saturated heterocycles. The molecular formula is C11H14BrFN2. The summed E-state index contributed by atoms with van der Waals surface area (Å²) in [6, 6.07) is 1.47. The first-order valence-corrected chi connectivity index (χ1v) is 5.83. The average Bonchev–Trinajstić information content (AvgIpc) is 2.46. The number of rotatable bonds is 1. The van der Waals surface area contributed by atoms with E-state index >= 15 is 0 Å². The summed E-state index contributed by atoms with van der Waals surface area (Å²) in [4.78, 5) is 6.15. The molecule has 82 valence electrons. The molecule has 1 fully saturated rings. The number of halogens is 2. The summed E-state index contributed by atoms with van der Waals surface area (Å²) in [6.45, 7) is 6.16. The van der Waals surface area contributed by atoms with E-state index in [0.29, 0.717) is 10.3 Å². The van der Waals surface area contributed by atoms with Crippen LogP contribution in [0.15, 0.2) is 16.7 Å². The van der Waals surface area contributed by atoms with Crippen molar-refractivity contribution in [2.45, 2.75) is 20.3 Å². The number of hydrogen-bond donors (Lipinski definition) is 0. The van der Waals surface area contributed by atoms with E-state index in [1.54, 1.807) is 6.20 Å². The summed E-state index contributed by atoms with van der Waals surface area (Å²) in [5, 5.41) is 0. The Labute approximate surface area is 97.6 Å². The van der Waals surface area contributed by atoms with E-state index < -0.39 is 0 Å². The summed E-state index contributed by atoms with van der Waals surface area (Å²) < 4.78 is 14.3. The number of nitrogens with zero attached hydrogens (tertiary/aromatic N) is 2. The molecule has 0 spiro atoms. The van der Waals surface area contributed by atoms with Gasteiger partial charge in [0.25, 0.3) is 0 Å². The molecule has 0 radical (unpaired) electrons. The van der Waals surface area contributed by atoms with Gasteiger partial charge in [0.1, 0.15) is 0 Å². The molecular weight excluding hydrogens is 259 g/mol. The molecule has 0 N–H and O–H groups in total. The molecule has 0 atom stereocenters. The molecule has 0 unspecified atom stereocenters. The van der Waals surface area contributed by atoms with Crippen molar-refractivity contribution in [1.29, 1.82) is 0 Å². The minimum absolute atomic E-state index is 0.248. The van der Waals surface area contributed by atoms with Crippen LogP contribution in [0.25, 0.3) is 0 Å². The van der Waals surface area contributed by atoms with Crippen LogP contribution in [0.4, 0.5) is 10.2 Å². The number of anilines is 1. The smallest absolute Gasteiger partial charge is 0.166 e. The third-order valence-corrected chi connectivity index (χ3v) is 3.20. The molecule has 1 aliphatic heterocycles. The Morgan fingerprint density at radius 3 is 2.80 bits per heavy atom. The first-order valence-electron chi connectivity index (χ1n) is 5.04. The highest BCUT2D eigenvalue weighted by molar-refractivity contribution is 9.10. The highest BCUT2D eigenvalue weighted by Crippen LogP contribution is 2.32. The van der Waals surface area contributed by atoms with Crippen LogP contribution in [-0.4, -0.2) is 18.1 Å². The van der Waals surface area contributed by atoms with Crippen LogP contribution in [0.1, 0.15) is 20.3 Å². The van der Waals surface area contributed by atoms with Crippen molar-refractivity contribution in [2.75, 3.05) is 18.0 Å². The van der Waals surface area contributed by atoms with Gasteiger partial charge in [-0.15, -0.1) is 0 Å². The zero-order chi connectivity index (χ0) is 11.1. The van der Waals surface area contributed by atoms with Crippen LogP contribution in [0.5, 0.6) is 0 Å². The highest BCUT2D eigenvalue weighted by atomic mass is 79.9. The van der Waals surface area contributed by atoms with E-state index in [9.17, 15) is 4.39 Å². The van der Waals surface area contributed by atoms with Crippen LogP contribution in [0, 0.1) is 11.2 Å². The number of pyridine rings is 1. The molecule has 2 heterocycles. The molecule has 15 heavy (non-hydrogen) atoms. The Kier molecular flexibility index (Phi) is 2.71. The lowest BCUT2D eigenvalue weighted by Crippen LogP contribution is -2.24. The maximum Gasteiger partial charge on any atom is 0.166 e. The summed E-state index contributed by atoms with van der Waals surface area (Å²) in [5.74, 6) is 0.228. The van der Waals surface area contributed by atoms with Crippen molar-refractivity contribution < 1.29 is 4.39 Å². The average molecular weight is 273 g/mol. The molecule has 2 nitrogen and oxygen atoms in total. The van der Waals surface area contributed by atoms with Crippen molar-refractivity contribution in [3.8, 4) is 0 Å². The van der Waals surface area contributed by atoms with E-state index in [1.807, 2.05) is 4.90 Å². The Hall–Kier alpha value is -0.640. The molecule has 0 saturated carbocycles. The van der Waals surface area contributed by atoms with Gasteiger partial charge < -0.3 is 4.90 Å². The van der Waals surface area contributed by atoms with Gasteiger partial charge in [0.15, 0.2) is 11.6 Å². The van der Waals surface area contributed by atoms with Crippen molar-refractivity contribution in [3.63, 3.8) is 0 Å². The lowest BCUT2D eigenvalue weighted by molar-refractivity contribution is 0.418. The monoisotopic (exact) mass is 272 g/mol. The van der Waals surface area contributed by atoms with Gasteiger partial charge in [-0.3, -0.25) is 0 Å². The third-order valence-electron chi connectivity index (χ3n) is 2.77. The van der Waals surface area contributed by atoms with Gasteiger partial charge in [0, 0.05) is 23.8 Å². The van der Waals surface area contributed by atoms with E-state index in [2.05, 4.69) is 34.8 Å². The first kappa shape index (κ1) is 10.9. The first-order chi connectivity index (χ1) is 6.98. The van der Waals surface area contributed by atoms with Crippen LogP contribution < -0.4 is 4.90 Å². The Bertz CT molecular complexity index is 379. The molecule has 0 aromatic carbocycles. The second kappa shape index (κ2) is 3.74. The maximum absolute atomic E-state index is 13.6. The van der Waals surface area contributed by atoms with Gasteiger partial charge in [-0.25, -0.2) is 9.37 Å². The van der Waals surface area contributed by atoms with Crippen molar-refractivity contribution in [3.05, 3.63) is 22.6 Å². The van der Waals surface area contributed by atoms with Gasteiger partial charge in [-0.2, -0.15) is 0 Å². The largest absolute Gasteiger partial charge is 0.354 e. The molecule has 1 aromatic rings. The van der Waals surface area contributed by atoms with E-state index in [-0.39, 0.29) is 11.2 Å². The minimum atomic E-state index is -0.248. The molecule has 0 amide bonds. The fraction of sp³-hybridized carbons (Fsp3) is 0.545. The van der Waals surface area contributed by atoms with Gasteiger partial charge in [0.2, 0.25) is 0 Å². The Balaban J connectivity index is 2.24. The zero-order valence-corrected chi connectivity index (χ0v) is 10.5. The van der Waals surface area contributed by atoms with Gasteiger partial charge in [-0.1, -0.05) is 13.8 Å². The predicted molar refractivity (Wildman–Crippen MR) is 62.5 cm³/mol. The summed E-state index contributed by atoms with van der Waals surface area (Å²) >= 11 is 3.21. The molecule has 1 aliphatic rings.